The fourth-order valence-electron chi connectivity index (χ4n) is 3.50. The highest BCUT2D eigenvalue weighted by Crippen LogP contribution is 2.19. The van der Waals surface area contributed by atoms with Gasteiger partial charge in [0.15, 0.2) is 0 Å². The van der Waals surface area contributed by atoms with Crippen LogP contribution in [0.3, 0.4) is 0 Å². The van der Waals surface area contributed by atoms with Crippen LogP contribution in [0.5, 0.6) is 0 Å². The van der Waals surface area contributed by atoms with E-state index >= 15 is 0 Å². The molecule has 0 radical (unpaired) electrons. The lowest BCUT2D eigenvalue weighted by Crippen LogP contribution is -2.48. The number of carbonyl (C=O) groups is 2. The topological polar surface area (TPSA) is 68.8 Å². The molecule has 0 saturated carbocycles. The molecule has 3 heterocycles. The number of benzene rings is 1. The van der Waals surface area contributed by atoms with Crippen molar-refractivity contribution in [1.29, 1.82) is 0 Å². The second-order valence-electron chi connectivity index (χ2n) is 6.86. The molecular weight excluding hydrogens is 362 g/mol. The summed E-state index contributed by atoms with van der Waals surface area (Å²) in [5.74, 6) is 0.0524. The zero-order valence-corrected chi connectivity index (χ0v) is 16.2. The third kappa shape index (κ3) is 3.96. The van der Waals surface area contributed by atoms with Crippen LogP contribution in [0.1, 0.15) is 21.1 Å². The van der Waals surface area contributed by atoms with Crippen LogP contribution in [0, 0.1) is 6.92 Å². The van der Waals surface area contributed by atoms with Crippen LogP contribution in [0.2, 0.25) is 0 Å². The van der Waals surface area contributed by atoms with Gasteiger partial charge in [-0.3, -0.25) is 14.6 Å². The van der Waals surface area contributed by atoms with Crippen LogP contribution in [-0.2, 0) is 6.54 Å². The van der Waals surface area contributed by atoms with Gasteiger partial charge in [0.25, 0.3) is 5.91 Å². The Hall–Kier alpha value is -2.45. The molecule has 3 amide bonds. The fourth-order valence-corrected chi connectivity index (χ4v) is 4.11. The maximum atomic E-state index is 12.8. The number of nitrogens with zero attached hydrogens (tertiary/aromatic N) is 4. The van der Waals surface area contributed by atoms with E-state index in [0.717, 1.165) is 49.1 Å². The highest BCUT2D eigenvalue weighted by Gasteiger charge is 2.24. The van der Waals surface area contributed by atoms with Gasteiger partial charge in [0.05, 0.1) is 10.7 Å². The first-order chi connectivity index (χ1) is 13.1. The van der Waals surface area contributed by atoms with E-state index in [-0.39, 0.29) is 11.9 Å². The predicted octanol–water partition coefficient (Wildman–Crippen LogP) is 1.94. The molecule has 2 aliphatic rings. The van der Waals surface area contributed by atoms with Crippen molar-refractivity contribution in [2.24, 2.45) is 0 Å². The van der Waals surface area contributed by atoms with Gasteiger partial charge in [-0.05, 0) is 31.2 Å². The lowest BCUT2D eigenvalue weighted by atomic mass is 10.1. The molecule has 142 valence electrons. The van der Waals surface area contributed by atoms with Gasteiger partial charge in [0.2, 0.25) is 0 Å². The molecule has 7 nitrogen and oxygen atoms in total. The van der Waals surface area contributed by atoms with Gasteiger partial charge in [0, 0.05) is 62.4 Å². The molecular formula is C19H23N5O2S. The fraction of sp³-hybridized carbons (Fsp3) is 0.421. The van der Waals surface area contributed by atoms with Crippen molar-refractivity contribution in [3.05, 3.63) is 45.9 Å². The zero-order chi connectivity index (χ0) is 18.8. The first-order valence-electron chi connectivity index (χ1n) is 9.18. The van der Waals surface area contributed by atoms with E-state index in [4.69, 9.17) is 0 Å². The van der Waals surface area contributed by atoms with Crippen molar-refractivity contribution in [3.63, 3.8) is 0 Å². The molecule has 0 bridgehead atoms. The number of thiazole rings is 1. The zero-order valence-electron chi connectivity index (χ0n) is 15.4. The van der Waals surface area contributed by atoms with Gasteiger partial charge in [-0.2, -0.15) is 0 Å². The molecule has 2 saturated heterocycles. The molecule has 0 atom stereocenters. The Kier molecular flexibility index (Phi) is 5.09. The predicted molar refractivity (Wildman–Crippen MR) is 105 cm³/mol. The Balaban J connectivity index is 1.33. The second-order valence-corrected chi connectivity index (χ2v) is 7.92. The van der Waals surface area contributed by atoms with Crippen LogP contribution in [-0.4, -0.2) is 66.0 Å². The van der Waals surface area contributed by atoms with Crippen molar-refractivity contribution >= 4 is 29.0 Å². The molecule has 8 heteroatoms. The van der Waals surface area contributed by atoms with E-state index in [1.54, 1.807) is 16.2 Å². The molecule has 1 aromatic carbocycles. The van der Waals surface area contributed by atoms with Gasteiger partial charge in [0.1, 0.15) is 0 Å². The SMILES string of the molecule is Cc1nc(CN2CCN(C(=O)c3ccc(N4CCNC4=O)cc3)CC2)cs1. The number of nitrogens with one attached hydrogen (secondary N) is 1. The summed E-state index contributed by atoms with van der Waals surface area (Å²) in [6.45, 7) is 7.33. The van der Waals surface area contributed by atoms with Crippen LogP contribution >= 0.6 is 11.3 Å². The third-order valence-electron chi connectivity index (χ3n) is 4.99. The smallest absolute Gasteiger partial charge is 0.321 e. The van der Waals surface area contributed by atoms with E-state index < -0.39 is 0 Å². The summed E-state index contributed by atoms with van der Waals surface area (Å²) in [6.07, 6.45) is 0. The van der Waals surface area contributed by atoms with Crippen molar-refractivity contribution < 1.29 is 9.59 Å². The van der Waals surface area contributed by atoms with Crippen LogP contribution in [0.4, 0.5) is 10.5 Å². The van der Waals surface area contributed by atoms with Gasteiger partial charge in [-0.15, -0.1) is 11.3 Å². The Morgan fingerprint density at radius 3 is 2.48 bits per heavy atom. The summed E-state index contributed by atoms with van der Waals surface area (Å²) in [7, 11) is 0. The third-order valence-corrected chi connectivity index (χ3v) is 5.82. The van der Waals surface area contributed by atoms with Crippen LogP contribution in [0.15, 0.2) is 29.6 Å². The summed E-state index contributed by atoms with van der Waals surface area (Å²) >= 11 is 1.68. The normalized spacial score (nSPS) is 18.0. The first kappa shape index (κ1) is 17.9. The van der Waals surface area contributed by atoms with E-state index in [9.17, 15) is 9.59 Å². The Morgan fingerprint density at radius 2 is 1.89 bits per heavy atom. The standard InChI is InChI=1S/C19H23N5O2S/c1-14-21-16(13-27-14)12-22-8-10-23(11-9-22)18(25)15-2-4-17(5-3-15)24-7-6-20-19(24)26/h2-5,13H,6-12H2,1H3,(H,20,26). The van der Waals surface area contributed by atoms with Crippen molar-refractivity contribution in [1.82, 2.24) is 20.1 Å². The molecule has 0 aliphatic carbocycles. The quantitative estimate of drug-likeness (QED) is 0.873. The average Bonchev–Trinajstić information content (AvgIpc) is 3.30. The maximum absolute atomic E-state index is 12.8. The first-order valence-corrected chi connectivity index (χ1v) is 10.1. The Bertz CT molecular complexity index is 827. The Morgan fingerprint density at radius 1 is 1.15 bits per heavy atom. The lowest BCUT2D eigenvalue weighted by Gasteiger charge is -2.34. The summed E-state index contributed by atoms with van der Waals surface area (Å²) in [4.78, 5) is 35.0. The molecule has 2 aromatic rings. The minimum atomic E-state index is -0.0829. The van der Waals surface area contributed by atoms with Gasteiger partial charge in [-0.1, -0.05) is 0 Å². The molecule has 4 rings (SSSR count). The summed E-state index contributed by atoms with van der Waals surface area (Å²) in [6, 6.07) is 7.24. The number of amides is 3. The van der Waals surface area contributed by atoms with Gasteiger partial charge >= 0.3 is 6.03 Å². The lowest BCUT2D eigenvalue weighted by molar-refractivity contribution is 0.0627. The van der Waals surface area contributed by atoms with E-state index in [1.165, 1.54) is 0 Å². The number of piperazine rings is 1. The average molecular weight is 385 g/mol. The van der Waals surface area contributed by atoms with Gasteiger partial charge in [-0.25, -0.2) is 9.78 Å². The van der Waals surface area contributed by atoms with Crippen LogP contribution in [0.25, 0.3) is 0 Å². The molecule has 1 N–H and O–H groups in total. The number of hydrogen-bond donors (Lipinski definition) is 1. The highest BCUT2D eigenvalue weighted by atomic mass is 32.1. The maximum Gasteiger partial charge on any atom is 0.321 e. The highest BCUT2D eigenvalue weighted by molar-refractivity contribution is 7.09. The molecule has 0 spiro atoms. The van der Waals surface area contributed by atoms with Gasteiger partial charge < -0.3 is 10.2 Å². The number of aryl methyl sites for hydroxylation is 1. The van der Waals surface area contributed by atoms with Crippen molar-refractivity contribution in [2.45, 2.75) is 13.5 Å². The molecule has 2 aliphatic heterocycles. The minimum absolute atomic E-state index is 0.0524. The molecule has 27 heavy (non-hydrogen) atoms. The largest absolute Gasteiger partial charge is 0.336 e. The van der Waals surface area contributed by atoms with Crippen molar-refractivity contribution in [3.8, 4) is 0 Å². The number of hydrogen-bond acceptors (Lipinski definition) is 5. The monoisotopic (exact) mass is 385 g/mol. The Labute approximate surface area is 162 Å². The summed E-state index contributed by atoms with van der Waals surface area (Å²) < 4.78 is 0. The second kappa shape index (κ2) is 7.66. The van der Waals surface area contributed by atoms with Crippen LogP contribution < -0.4 is 10.2 Å². The number of urea groups is 1. The summed E-state index contributed by atoms with van der Waals surface area (Å²) in [5.41, 5.74) is 2.60. The van der Waals surface area contributed by atoms with E-state index in [0.29, 0.717) is 18.7 Å². The van der Waals surface area contributed by atoms with E-state index in [2.05, 4.69) is 20.6 Å². The van der Waals surface area contributed by atoms with Crippen molar-refractivity contribution in [2.75, 3.05) is 44.2 Å². The molecule has 0 unspecified atom stereocenters. The number of carbonyl (C=O) groups excluding carboxylic acids is 2. The van der Waals surface area contributed by atoms with E-state index in [1.807, 2.05) is 36.1 Å². The molecule has 2 fully saturated rings. The molecule has 1 aromatic heterocycles. The number of anilines is 1. The summed E-state index contributed by atoms with van der Waals surface area (Å²) in [5, 5.41) is 5.98. The minimum Gasteiger partial charge on any atom is -0.336 e. The number of rotatable bonds is 4. The number of aromatic nitrogens is 1.